The largest absolute Gasteiger partial charge is 0.297 e. The monoisotopic (exact) mass is 149 g/mol. The van der Waals surface area contributed by atoms with Crippen LogP contribution in [-0.4, -0.2) is 36.9 Å². The van der Waals surface area contributed by atoms with Crippen LogP contribution in [0.5, 0.6) is 0 Å². The van der Waals surface area contributed by atoms with E-state index >= 15 is 0 Å². The van der Waals surface area contributed by atoms with E-state index in [1.807, 2.05) is 11.8 Å². The molecule has 0 aromatic heterocycles. The fourth-order valence-corrected chi connectivity index (χ4v) is 1.30. The van der Waals surface area contributed by atoms with Crippen molar-refractivity contribution in [3.05, 3.63) is 0 Å². The standard InChI is InChI=1S/C7H13F2N/c1-2-3-10-4-6(8)7(9)5-10/h6-7H,2-5H2,1H3/t6-,7-/m0/s1. The van der Waals surface area contributed by atoms with Crippen LogP contribution in [0.4, 0.5) is 8.78 Å². The molecule has 0 amide bonds. The Morgan fingerprint density at radius 1 is 1.30 bits per heavy atom. The molecule has 0 saturated carbocycles. The molecule has 1 heterocycles. The van der Waals surface area contributed by atoms with Gasteiger partial charge in [0.2, 0.25) is 0 Å². The van der Waals surface area contributed by atoms with Crippen LogP contribution < -0.4 is 0 Å². The van der Waals surface area contributed by atoms with Crippen LogP contribution in [0.1, 0.15) is 13.3 Å². The highest BCUT2D eigenvalue weighted by Gasteiger charge is 2.31. The van der Waals surface area contributed by atoms with Crippen LogP contribution in [0.3, 0.4) is 0 Å². The molecule has 0 aliphatic carbocycles. The maximum atomic E-state index is 12.5. The molecule has 1 saturated heterocycles. The summed E-state index contributed by atoms with van der Waals surface area (Å²) in [5.74, 6) is 0. The van der Waals surface area contributed by atoms with E-state index in [-0.39, 0.29) is 13.1 Å². The first-order valence-electron chi connectivity index (χ1n) is 3.74. The number of rotatable bonds is 2. The van der Waals surface area contributed by atoms with Crippen molar-refractivity contribution in [2.75, 3.05) is 19.6 Å². The lowest BCUT2D eigenvalue weighted by Crippen LogP contribution is -2.21. The summed E-state index contributed by atoms with van der Waals surface area (Å²) in [5, 5.41) is 0. The van der Waals surface area contributed by atoms with Gasteiger partial charge in [0.15, 0.2) is 0 Å². The number of hydrogen-bond acceptors (Lipinski definition) is 1. The van der Waals surface area contributed by atoms with E-state index in [2.05, 4.69) is 0 Å². The zero-order valence-electron chi connectivity index (χ0n) is 6.19. The lowest BCUT2D eigenvalue weighted by molar-refractivity contribution is 0.217. The van der Waals surface area contributed by atoms with Gasteiger partial charge >= 0.3 is 0 Å². The summed E-state index contributed by atoms with van der Waals surface area (Å²) < 4.78 is 24.9. The topological polar surface area (TPSA) is 3.24 Å². The number of alkyl halides is 2. The molecule has 0 N–H and O–H groups in total. The Bertz CT molecular complexity index is 97.8. The molecule has 1 fully saturated rings. The van der Waals surface area contributed by atoms with Gasteiger partial charge in [0.25, 0.3) is 0 Å². The number of halogens is 2. The van der Waals surface area contributed by atoms with Crippen molar-refractivity contribution in [1.82, 2.24) is 4.90 Å². The molecule has 0 bridgehead atoms. The predicted octanol–water partition coefficient (Wildman–Crippen LogP) is 1.39. The van der Waals surface area contributed by atoms with E-state index in [0.29, 0.717) is 0 Å². The SMILES string of the molecule is CCCN1C[C@H](F)[C@@H](F)C1. The Morgan fingerprint density at radius 2 is 1.80 bits per heavy atom. The summed E-state index contributed by atoms with van der Waals surface area (Å²) >= 11 is 0. The average Bonchev–Trinajstić information content (AvgIpc) is 2.14. The molecular formula is C7H13F2N. The molecular weight excluding hydrogens is 136 g/mol. The Hall–Kier alpha value is -0.180. The Morgan fingerprint density at radius 3 is 2.20 bits per heavy atom. The second-order valence-electron chi connectivity index (χ2n) is 2.79. The molecule has 0 aromatic carbocycles. The van der Waals surface area contributed by atoms with E-state index in [4.69, 9.17) is 0 Å². The van der Waals surface area contributed by atoms with E-state index < -0.39 is 12.3 Å². The van der Waals surface area contributed by atoms with E-state index in [0.717, 1.165) is 13.0 Å². The summed E-state index contributed by atoms with van der Waals surface area (Å²) in [6.45, 7) is 3.41. The van der Waals surface area contributed by atoms with Gasteiger partial charge in [-0.05, 0) is 13.0 Å². The highest BCUT2D eigenvalue weighted by Crippen LogP contribution is 2.16. The fraction of sp³-hybridized carbons (Fsp3) is 1.00. The number of likely N-dealkylation sites (tertiary alicyclic amines) is 1. The molecule has 1 rings (SSSR count). The van der Waals surface area contributed by atoms with Crippen molar-refractivity contribution in [1.29, 1.82) is 0 Å². The summed E-state index contributed by atoms with van der Waals surface area (Å²) in [6, 6.07) is 0. The molecule has 60 valence electrons. The normalized spacial score (nSPS) is 35.1. The minimum absolute atomic E-state index is 0.287. The van der Waals surface area contributed by atoms with Crippen molar-refractivity contribution < 1.29 is 8.78 Å². The molecule has 0 spiro atoms. The Labute approximate surface area is 60.0 Å². The zero-order chi connectivity index (χ0) is 7.56. The predicted molar refractivity (Wildman–Crippen MR) is 36.5 cm³/mol. The van der Waals surface area contributed by atoms with Crippen LogP contribution in [0.15, 0.2) is 0 Å². The second kappa shape index (κ2) is 3.28. The molecule has 1 aliphatic rings. The summed E-state index contributed by atoms with van der Waals surface area (Å²) in [7, 11) is 0. The maximum Gasteiger partial charge on any atom is 0.145 e. The van der Waals surface area contributed by atoms with Gasteiger partial charge in [0.05, 0.1) is 0 Å². The van der Waals surface area contributed by atoms with Crippen molar-refractivity contribution in [2.45, 2.75) is 25.7 Å². The van der Waals surface area contributed by atoms with Crippen LogP contribution in [0, 0.1) is 0 Å². The first kappa shape index (κ1) is 7.92. The van der Waals surface area contributed by atoms with E-state index in [1.165, 1.54) is 0 Å². The minimum Gasteiger partial charge on any atom is -0.297 e. The molecule has 2 atom stereocenters. The second-order valence-corrected chi connectivity index (χ2v) is 2.79. The zero-order valence-corrected chi connectivity index (χ0v) is 6.19. The third-order valence-electron chi connectivity index (χ3n) is 1.80. The average molecular weight is 149 g/mol. The van der Waals surface area contributed by atoms with Crippen molar-refractivity contribution in [3.8, 4) is 0 Å². The van der Waals surface area contributed by atoms with E-state index in [9.17, 15) is 8.78 Å². The summed E-state index contributed by atoms with van der Waals surface area (Å²) in [6.07, 6.45) is -1.52. The minimum atomic E-state index is -1.24. The summed E-state index contributed by atoms with van der Waals surface area (Å²) in [5.41, 5.74) is 0. The van der Waals surface area contributed by atoms with Gasteiger partial charge in [-0.1, -0.05) is 6.92 Å². The highest BCUT2D eigenvalue weighted by atomic mass is 19.2. The van der Waals surface area contributed by atoms with Gasteiger partial charge in [-0.15, -0.1) is 0 Å². The molecule has 0 radical (unpaired) electrons. The first-order chi connectivity index (χ1) is 4.74. The van der Waals surface area contributed by atoms with Crippen molar-refractivity contribution in [2.24, 2.45) is 0 Å². The molecule has 3 heteroatoms. The molecule has 0 unspecified atom stereocenters. The maximum absolute atomic E-state index is 12.5. The van der Waals surface area contributed by atoms with Gasteiger partial charge in [-0.25, -0.2) is 8.78 Å². The number of nitrogens with zero attached hydrogens (tertiary/aromatic N) is 1. The van der Waals surface area contributed by atoms with Crippen LogP contribution >= 0.6 is 0 Å². The lowest BCUT2D eigenvalue weighted by atomic mass is 10.3. The highest BCUT2D eigenvalue weighted by molar-refractivity contribution is 4.83. The Kier molecular flexibility index (Phi) is 2.60. The third-order valence-corrected chi connectivity index (χ3v) is 1.80. The lowest BCUT2D eigenvalue weighted by Gasteiger charge is -2.11. The fourth-order valence-electron chi connectivity index (χ4n) is 1.30. The van der Waals surface area contributed by atoms with Gasteiger partial charge < -0.3 is 0 Å². The smallest absolute Gasteiger partial charge is 0.145 e. The van der Waals surface area contributed by atoms with Gasteiger partial charge in [-0.2, -0.15) is 0 Å². The van der Waals surface area contributed by atoms with Crippen LogP contribution in [-0.2, 0) is 0 Å². The van der Waals surface area contributed by atoms with E-state index in [1.54, 1.807) is 0 Å². The van der Waals surface area contributed by atoms with Gasteiger partial charge in [0, 0.05) is 13.1 Å². The van der Waals surface area contributed by atoms with Gasteiger partial charge in [0.1, 0.15) is 12.3 Å². The van der Waals surface area contributed by atoms with Crippen LogP contribution in [0.25, 0.3) is 0 Å². The molecule has 1 aliphatic heterocycles. The molecule has 1 nitrogen and oxygen atoms in total. The van der Waals surface area contributed by atoms with Crippen molar-refractivity contribution in [3.63, 3.8) is 0 Å². The third kappa shape index (κ3) is 1.66. The first-order valence-corrected chi connectivity index (χ1v) is 3.74. The van der Waals surface area contributed by atoms with Crippen molar-refractivity contribution >= 4 is 0 Å². The van der Waals surface area contributed by atoms with Gasteiger partial charge in [-0.3, -0.25) is 4.90 Å². The Balaban J connectivity index is 2.27. The molecule has 10 heavy (non-hydrogen) atoms. The molecule has 0 aromatic rings. The summed E-state index contributed by atoms with van der Waals surface area (Å²) in [4.78, 5) is 1.83. The number of hydrogen-bond donors (Lipinski definition) is 0. The quantitative estimate of drug-likeness (QED) is 0.573. The van der Waals surface area contributed by atoms with Crippen LogP contribution in [0.2, 0.25) is 0 Å².